The number of rotatable bonds is 9. The lowest BCUT2D eigenvalue weighted by molar-refractivity contribution is -0.120. The molecule has 0 aliphatic heterocycles. The summed E-state index contributed by atoms with van der Waals surface area (Å²) in [7, 11) is 1.63. The molecule has 0 unspecified atom stereocenters. The Hall–Kier alpha value is -3.06. The molecular weight excluding hydrogens is 384 g/mol. The molecule has 2 aromatic carbocycles. The summed E-state index contributed by atoms with van der Waals surface area (Å²) in [5, 5.41) is 12.0. The minimum atomic E-state index is -0.310. The number of carbonyl (C=O) groups is 1. The topological polar surface area (TPSA) is 69.0 Å². The van der Waals surface area contributed by atoms with E-state index in [4.69, 9.17) is 4.74 Å². The summed E-state index contributed by atoms with van der Waals surface area (Å²) in [5.41, 5.74) is 1.99. The van der Waals surface area contributed by atoms with Crippen LogP contribution in [0, 0.1) is 0 Å². The molecule has 1 amide bonds. The monoisotopic (exact) mass is 408 g/mol. The molecule has 0 saturated carbocycles. The maximum atomic E-state index is 12.5. The van der Waals surface area contributed by atoms with Crippen LogP contribution in [0.2, 0.25) is 0 Å². The fraction of sp³-hybridized carbons (Fsp3) is 0.227. The normalized spacial score (nSPS) is 11.7. The van der Waals surface area contributed by atoms with Gasteiger partial charge in [0.1, 0.15) is 5.75 Å². The molecule has 3 aromatic rings. The molecule has 3 rings (SSSR count). The second-order valence-electron chi connectivity index (χ2n) is 6.40. The zero-order valence-corrected chi connectivity index (χ0v) is 17.4. The predicted octanol–water partition coefficient (Wildman–Crippen LogP) is 3.94. The van der Waals surface area contributed by atoms with Crippen LogP contribution in [0.3, 0.4) is 0 Å². The van der Waals surface area contributed by atoms with Gasteiger partial charge in [-0.05, 0) is 36.8 Å². The Labute approximate surface area is 175 Å². The third kappa shape index (κ3) is 5.26. The molecule has 0 aliphatic rings. The smallest absolute Gasteiger partial charge is 0.233 e. The van der Waals surface area contributed by atoms with Crippen molar-refractivity contribution >= 4 is 17.7 Å². The molecule has 0 fully saturated rings. The minimum absolute atomic E-state index is 0.0435. The summed E-state index contributed by atoms with van der Waals surface area (Å²) < 4.78 is 7.17. The molecule has 0 spiro atoms. The summed E-state index contributed by atoms with van der Waals surface area (Å²) in [6.45, 7) is 6.75. The van der Waals surface area contributed by atoms with Crippen molar-refractivity contribution in [2.45, 2.75) is 30.4 Å². The largest absolute Gasteiger partial charge is 0.497 e. The van der Waals surface area contributed by atoms with Gasteiger partial charge in [0.05, 0.1) is 12.4 Å². The van der Waals surface area contributed by atoms with Crippen molar-refractivity contribution in [1.29, 1.82) is 0 Å². The van der Waals surface area contributed by atoms with Crippen LogP contribution in [-0.4, -0.2) is 33.0 Å². The van der Waals surface area contributed by atoms with E-state index in [1.165, 1.54) is 11.8 Å². The van der Waals surface area contributed by atoms with Crippen LogP contribution in [0.5, 0.6) is 5.75 Å². The van der Waals surface area contributed by atoms with E-state index in [1.807, 2.05) is 66.1 Å². The Bertz CT molecular complexity index is 955. The molecule has 29 heavy (non-hydrogen) atoms. The molecule has 0 aliphatic carbocycles. The molecule has 0 saturated heterocycles. The summed E-state index contributed by atoms with van der Waals surface area (Å²) in [6.07, 6.45) is 1.79. The minimum Gasteiger partial charge on any atom is -0.497 e. The van der Waals surface area contributed by atoms with Gasteiger partial charge in [-0.25, -0.2) is 0 Å². The number of amides is 1. The van der Waals surface area contributed by atoms with E-state index in [-0.39, 0.29) is 11.2 Å². The number of methoxy groups -OCH3 is 1. The number of nitrogens with zero attached hydrogens (tertiary/aromatic N) is 3. The van der Waals surface area contributed by atoms with Gasteiger partial charge in [-0.1, -0.05) is 48.2 Å². The molecule has 150 valence electrons. The molecule has 7 heteroatoms. The summed E-state index contributed by atoms with van der Waals surface area (Å²) in [6, 6.07) is 17.5. The van der Waals surface area contributed by atoms with E-state index in [9.17, 15) is 4.79 Å². The number of hydrogen-bond donors (Lipinski definition) is 1. The van der Waals surface area contributed by atoms with Crippen molar-refractivity contribution in [2.75, 3.05) is 7.11 Å². The third-order valence-electron chi connectivity index (χ3n) is 4.34. The zero-order chi connectivity index (χ0) is 20.6. The first-order valence-electron chi connectivity index (χ1n) is 9.29. The maximum Gasteiger partial charge on any atom is 0.233 e. The lowest BCUT2D eigenvalue weighted by Crippen LogP contribution is -2.30. The Balaban J connectivity index is 1.71. The van der Waals surface area contributed by atoms with Crippen LogP contribution in [-0.2, 0) is 17.9 Å². The molecule has 1 atom stereocenters. The molecular formula is C22H24N4O2S. The number of thioether (sulfide) groups is 1. The van der Waals surface area contributed by atoms with Gasteiger partial charge in [-0.2, -0.15) is 0 Å². The number of aromatic nitrogens is 3. The van der Waals surface area contributed by atoms with Crippen molar-refractivity contribution in [1.82, 2.24) is 20.1 Å². The maximum absolute atomic E-state index is 12.5. The highest BCUT2D eigenvalue weighted by atomic mass is 32.2. The number of carbonyl (C=O) groups excluding carboxylic acids is 1. The van der Waals surface area contributed by atoms with E-state index in [1.54, 1.807) is 13.2 Å². The SMILES string of the molecule is C=CCn1c(S[C@@H](C)C(=O)NCc2ccccc2)nnc1-c1ccc(OC)cc1. The van der Waals surface area contributed by atoms with E-state index in [2.05, 4.69) is 22.1 Å². The van der Waals surface area contributed by atoms with Gasteiger partial charge in [0, 0.05) is 18.7 Å². The van der Waals surface area contributed by atoms with Gasteiger partial charge in [-0.3, -0.25) is 9.36 Å². The number of ether oxygens (including phenoxy) is 1. The van der Waals surface area contributed by atoms with Crippen molar-refractivity contribution in [3.05, 3.63) is 72.8 Å². The van der Waals surface area contributed by atoms with Gasteiger partial charge in [-0.15, -0.1) is 16.8 Å². The Kier molecular flexibility index (Phi) is 7.08. The highest BCUT2D eigenvalue weighted by molar-refractivity contribution is 8.00. The molecule has 1 heterocycles. The number of nitrogens with one attached hydrogen (secondary N) is 1. The molecule has 1 aromatic heterocycles. The second-order valence-corrected chi connectivity index (χ2v) is 7.71. The van der Waals surface area contributed by atoms with Crippen LogP contribution in [0.4, 0.5) is 0 Å². The van der Waals surface area contributed by atoms with E-state index in [0.29, 0.717) is 18.2 Å². The number of hydrogen-bond acceptors (Lipinski definition) is 5. The Morgan fingerprint density at radius 2 is 1.93 bits per heavy atom. The summed E-state index contributed by atoms with van der Waals surface area (Å²) in [4.78, 5) is 12.5. The molecule has 6 nitrogen and oxygen atoms in total. The van der Waals surface area contributed by atoms with E-state index >= 15 is 0 Å². The van der Waals surface area contributed by atoms with Crippen LogP contribution >= 0.6 is 11.8 Å². The average Bonchev–Trinajstić information content (AvgIpc) is 3.15. The predicted molar refractivity (Wildman–Crippen MR) is 116 cm³/mol. The quantitative estimate of drug-likeness (QED) is 0.429. The third-order valence-corrected chi connectivity index (χ3v) is 5.42. The lowest BCUT2D eigenvalue weighted by atomic mass is 10.2. The summed E-state index contributed by atoms with van der Waals surface area (Å²) >= 11 is 1.38. The zero-order valence-electron chi connectivity index (χ0n) is 16.5. The lowest BCUT2D eigenvalue weighted by Gasteiger charge is -2.13. The van der Waals surface area contributed by atoms with Gasteiger partial charge in [0.2, 0.25) is 5.91 Å². The Morgan fingerprint density at radius 3 is 2.59 bits per heavy atom. The van der Waals surface area contributed by atoms with Gasteiger partial charge >= 0.3 is 0 Å². The highest BCUT2D eigenvalue weighted by Crippen LogP contribution is 2.28. The standard InChI is InChI=1S/C22H24N4O2S/c1-4-14-26-20(18-10-12-19(28-3)13-11-18)24-25-22(26)29-16(2)21(27)23-15-17-8-6-5-7-9-17/h4-13,16H,1,14-15H2,2-3H3,(H,23,27)/t16-/m0/s1. The highest BCUT2D eigenvalue weighted by Gasteiger charge is 2.20. The molecule has 1 N–H and O–H groups in total. The van der Waals surface area contributed by atoms with Crippen molar-refractivity contribution in [2.24, 2.45) is 0 Å². The van der Waals surface area contributed by atoms with Crippen LogP contribution in [0.1, 0.15) is 12.5 Å². The van der Waals surface area contributed by atoms with E-state index < -0.39 is 0 Å². The first-order chi connectivity index (χ1) is 14.1. The first-order valence-corrected chi connectivity index (χ1v) is 10.2. The van der Waals surface area contributed by atoms with Gasteiger partial charge in [0.15, 0.2) is 11.0 Å². The van der Waals surface area contributed by atoms with Crippen molar-refractivity contribution in [3.8, 4) is 17.1 Å². The second kappa shape index (κ2) is 9.93. The fourth-order valence-corrected chi connectivity index (χ4v) is 3.65. The Morgan fingerprint density at radius 1 is 1.21 bits per heavy atom. The van der Waals surface area contributed by atoms with Gasteiger partial charge in [0.25, 0.3) is 0 Å². The van der Waals surface area contributed by atoms with Gasteiger partial charge < -0.3 is 10.1 Å². The van der Waals surface area contributed by atoms with Crippen LogP contribution < -0.4 is 10.1 Å². The fourth-order valence-electron chi connectivity index (χ4n) is 2.76. The van der Waals surface area contributed by atoms with Crippen molar-refractivity contribution in [3.63, 3.8) is 0 Å². The van der Waals surface area contributed by atoms with Crippen LogP contribution in [0.15, 0.2) is 72.4 Å². The number of benzene rings is 2. The number of allylic oxidation sites excluding steroid dienone is 1. The van der Waals surface area contributed by atoms with Crippen molar-refractivity contribution < 1.29 is 9.53 Å². The van der Waals surface area contributed by atoms with Crippen LogP contribution in [0.25, 0.3) is 11.4 Å². The summed E-state index contributed by atoms with van der Waals surface area (Å²) in [5.74, 6) is 1.46. The average molecular weight is 409 g/mol. The first kappa shape index (κ1) is 20.7. The molecule has 0 bridgehead atoms. The van der Waals surface area contributed by atoms with E-state index in [0.717, 1.165) is 22.7 Å². The molecule has 0 radical (unpaired) electrons.